The summed E-state index contributed by atoms with van der Waals surface area (Å²) in [5.74, 6) is -0.914. The second kappa shape index (κ2) is 8.83. The molecule has 0 radical (unpaired) electrons. The van der Waals surface area contributed by atoms with Crippen LogP contribution in [0, 0.1) is 31.0 Å². The number of aromatic nitrogens is 4. The van der Waals surface area contributed by atoms with Crippen molar-refractivity contribution in [2.45, 2.75) is 25.2 Å². The van der Waals surface area contributed by atoms with Gasteiger partial charge in [-0.15, -0.1) is 10.2 Å². The van der Waals surface area contributed by atoms with Gasteiger partial charge in [-0.3, -0.25) is 13.8 Å². The Morgan fingerprint density at radius 3 is 2.50 bits per heavy atom. The maximum absolute atomic E-state index is 13.4. The van der Waals surface area contributed by atoms with Gasteiger partial charge in [0.25, 0.3) is 0 Å². The molecular formula is C22H16F4N6OS. The van der Waals surface area contributed by atoms with Gasteiger partial charge >= 0.3 is 6.18 Å². The first-order valence-electron chi connectivity index (χ1n) is 9.82. The highest BCUT2D eigenvalue weighted by Crippen LogP contribution is 2.32. The normalized spacial score (nSPS) is 11.6. The van der Waals surface area contributed by atoms with Crippen molar-refractivity contribution in [2.24, 2.45) is 0 Å². The molecule has 0 aliphatic rings. The van der Waals surface area contributed by atoms with E-state index in [1.807, 2.05) is 0 Å². The largest absolute Gasteiger partial charge is 0.417 e. The van der Waals surface area contributed by atoms with Gasteiger partial charge in [0.05, 0.1) is 16.9 Å². The summed E-state index contributed by atoms with van der Waals surface area (Å²) in [5, 5.41) is 20.1. The van der Waals surface area contributed by atoms with Crippen LogP contribution in [0.25, 0.3) is 11.3 Å². The number of benzene rings is 1. The van der Waals surface area contributed by atoms with Crippen molar-refractivity contribution in [3.8, 4) is 11.8 Å². The molecule has 4 rings (SSSR count). The fourth-order valence-corrected chi connectivity index (χ4v) is 4.12. The third-order valence-corrected chi connectivity index (χ3v) is 6.14. The fourth-order valence-electron chi connectivity index (χ4n) is 3.41. The molecule has 174 valence electrons. The summed E-state index contributed by atoms with van der Waals surface area (Å²) in [4.78, 5) is 12.7. The van der Waals surface area contributed by atoms with Crippen molar-refractivity contribution >= 4 is 29.1 Å². The summed E-state index contributed by atoms with van der Waals surface area (Å²) in [6, 6.07) is 9.75. The van der Waals surface area contributed by atoms with Crippen molar-refractivity contribution in [1.82, 2.24) is 19.2 Å². The maximum Gasteiger partial charge on any atom is 0.417 e. The number of carbonyl (C=O) groups excluding carboxylic acids is 1. The zero-order valence-corrected chi connectivity index (χ0v) is 18.6. The number of pyridine rings is 1. The third kappa shape index (κ3) is 4.34. The van der Waals surface area contributed by atoms with Gasteiger partial charge in [-0.2, -0.15) is 18.4 Å². The van der Waals surface area contributed by atoms with Crippen LogP contribution in [0.5, 0.6) is 0 Å². The van der Waals surface area contributed by atoms with Crippen LogP contribution >= 0.6 is 11.8 Å². The number of nitrogens with one attached hydrogen (secondary N) is 1. The minimum Gasteiger partial charge on any atom is -0.310 e. The Morgan fingerprint density at radius 1 is 1.15 bits per heavy atom. The van der Waals surface area contributed by atoms with Gasteiger partial charge < -0.3 is 5.32 Å². The number of rotatable bonds is 5. The Bertz CT molecular complexity index is 1430. The molecule has 0 saturated heterocycles. The first kappa shape index (κ1) is 23.3. The predicted molar refractivity (Wildman–Crippen MR) is 117 cm³/mol. The zero-order valence-electron chi connectivity index (χ0n) is 17.8. The molecule has 12 heteroatoms. The molecule has 1 aromatic carbocycles. The number of halogens is 4. The van der Waals surface area contributed by atoms with E-state index in [1.165, 1.54) is 30.3 Å². The van der Waals surface area contributed by atoms with Crippen molar-refractivity contribution in [3.63, 3.8) is 0 Å². The second-order valence-electron chi connectivity index (χ2n) is 7.32. The quantitative estimate of drug-likeness (QED) is 0.319. The number of alkyl halides is 3. The van der Waals surface area contributed by atoms with E-state index in [-0.39, 0.29) is 27.9 Å². The highest BCUT2D eigenvalue weighted by molar-refractivity contribution is 7.99. The number of anilines is 1. The number of fused-ring (bicyclic) bond motifs is 1. The van der Waals surface area contributed by atoms with Crippen molar-refractivity contribution in [1.29, 1.82) is 5.26 Å². The Hall–Kier alpha value is -3.85. The van der Waals surface area contributed by atoms with E-state index < -0.39 is 23.5 Å². The van der Waals surface area contributed by atoms with Crippen molar-refractivity contribution in [2.75, 3.05) is 11.1 Å². The number of nitriles is 1. The van der Waals surface area contributed by atoms with E-state index in [9.17, 15) is 27.6 Å². The van der Waals surface area contributed by atoms with E-state index in [4.69, 9.17) is 0 Å². The summed E-state index contributed by atoms with van der Waals surface area (Å²) in [6.45, 7) is 3.50. The van der Waals surface area contributed by atoms with Crippen molar-refractivity contribution < 1.29 is 22.4 Å². The monoisotopic (exact) mass is 488 g/mol. The molecule has 7 nitrogen and oxygen atoms in total. The van der Waals surface area contributed by atoms with Gasteiger partial charge in [-0.1, -0.05) is 11.8 Å². The SMILES string of the molecule is Cc1c(C#N)c(NC(=O)CSc2nnc3ccc(C(F)(F)F)cn23)n(-c2ccc(F)cc2)c1C. The van der Waals surface area contributed by atoms with E-state index in [2.05, 4.69) is 21.6 Å². The van der Waals surface area contributed by atoms with Gasteiger partial charge in [0.15, 0.2) is 10.8 Å². The molecule has 34 heavy (non-hydrogen) atoms. The molecule has 3 aromatic heterocycles. The molecule has 4 aromatic rings. The number of nitrogens with zero attached hydrogens (tertiary/aromatic N) is 5. The van der Waals surface area contributed by atoms with E-state index in [1.54, 1.807) is 18.4 Å². The highest BCUT2D eigenvalue weighted by atomic mass is 32.2. The molecule has 0 bridgehead atoms. The molecule has 0 unspecified atom stereocenters. The molecule has 0 fully saturated rings. The molecule has 0 saturated carbocycles. The van der Waals surface area contributed by atoms with Gasteiger partial charge in [-0.05, 0) is 55.8 Å². The van der Waals surface area contributed by atoms with Gasteiger partial charge in [0, 0.05) is 17.6 Å². The zero-order chi connectivity index (χ0) is 24.6. The lowest BCUT2D eigenvalue weighted by molar-refractivity contribution is -0.137. The molecule has 3 heterocycles. The molecule has 1 N–H and O–H groups in total. The minimum absolute atomic E-state index is 0.109. The lowest BCUT2D eigenvalue weighted by atomic mass is 10.2. The first-order valence-corrected chi connectivity index (χ1v) is 10.8. The average Bonchev–Trinajstić information content (AvgIpc) is 3.30. The van der Waals surface area contributed by atoms with Gasteiger partial charge in [0.2, 0.25) is 5.91 Å². The standard InChI is InChI=1S/C22H16F4N6OS/c1-12-13(2)32(16-6-4-15(23)5-7-16)20(17(12)9-27)28-19(33)11-34-21-30-29-18-8-3-14(10-31(18)21)22(24,25)26/h3-8,10H,11H2,1-2H3,(H,28,33). The lowest BCUT2D eigenvalue weighted by Crippen LogP contribution is -2.18. The third-order valence-electron chi connectivity index (χ3n) is 5.20. The first-order chi connectivity index (χ1) is 16.1. The van der Waals surface area contributed by atoms with Crippen LogP contribution in [-0.2, 0) is 11.0 Å². The van der Waals surface area contributed by atoms with Crippen LogP contribution in [0.15, 0.2) is 47.8 Å². The van der Waals surface area contributed by atoms with Gasteiger partial charge in [0.1, 0.15) is 17.7 Å². The molecule has 0 atom stereocenters. The molecule has 0 spiro atoms. The summed E-state index contributed by atoms with van der Waals surface area (Å²) >= 11 is 0.900. The fraction of sp³-hybridized carbons (Fsp3) is 0.182. The van der Waals surface area contributed by atoms with Crippen LogP contribution < -0.4 is 5.32 Å². The maximum atomic E-state index is 13.4. The lowest BCUT2D eigenvalue weighted by Gasteiger charge is -2.13. The number of carbonyl (C=O) groups is 1. The second-order valence-corrected chi connectivity index (χ2v) is 8.26. The number of hydrogen-bond acceptors (Lipinski definition) is 5. The van der Waals surface area contributed by atoms with Crippen LogP contribution in [-0.4, -0.2) is 30.8 Å². The predicted octanol–water partition coefficient (Wildman–Crippen LogP) is 4.90. The minimum atomic E-state index is -4.53. The Labute approximate surface area is 195 Å². The molecule has 0 aliphatic heterocycles. The highest BCUT2D eigenvalue weighted by Gasteiger charge is 2.31. The number of hydrogen-bond donors (Lipinski definition) is 1. The Kier molecular flexibility index (Phi) is 6.05. The van der Waals surface area contributed by atoms with Crippen molar-refractivity contribution in [3.05, 3.63) is 70.8 Å². The van der Waals surface area contributed by atoms with Crippen LogP contribution in [0.3, 0.4) is 0 Å². The molecule has 0 aliphatic carbocycles. The number of amides is 1. The summed E-state index contributed by atoms with van der Waals surface area (Å²) in [7, 11) is 0. The average molecular weight is 488 g/mol. The molecule has 1 amide bonds. The Morgan fingerprint density at radius 2 is 1.85 bits per heavy atom. The van der Waals surface area contributed by atoms with E-state index in [0.717, 1.165) is 28.4 Å². The van der Waals surface area contributed by atoms with Crippen LogP contribution in [0.1, 0.15) is 22.4 Å². The number of thioether (sulfide) groups is 1. The van der Waals surface area contributed by atoms with Gasteiger partial charge in [-0.25, -0.2) is 4.39 Å². The van der Waals surface area contributed by atoms with E-state index >= 15 is 0 Å². The summed E-state index contributed by atoms with van der Waals surface area (Å²) < 4.78 is 55.3. The summed E-state index contributed by atoms with van der Waals surface area (Å²) in [5.41, 5.74) is 1.48. The Balaban J connectivity index is 1.59. The van der Waals surface area contributed by atoms with Crippen LogP contribution in [0.4, 0.5) is 23.4 Å². The molecular weight excluding hydrogens is 472 g/mol. The topological polar surface area (TPSA) is 88.0 Å². The smallest absolute Gasteiger partial charge is 0.310 e. The van der Waals surface area contributed by atoms with E-state index in [0.29, 0.717) is 16.9 Å². The van der Waals surface area contributed by atoms with Crippen LogP contribution in [0.2, 0.25) is 0 Å². The summed E-state index contributed by atoms with van der Waals surface area (Å²) in [6.07, 6.45) is -3.66.